The molecule has 0 aliphatic carbocycles. The molecule has 510 valence electrons. The van der Waals surface area contributed by atoms with E-state index in [1.54, 1.807) is 0 Å². The Labute approximate surface area is 540 Å². The molecule has 0 heterocycles. The molecule has 0 bridgehead atoms. The van der Waals surface area contributed by atoms with Gasteiger partial charge in [0.05, 0.1) is 6.61 Å². The molecule has 5 heteroatoms. The molecule has 0 radical (unpaired) electrons. The SMILES string of the molecule is CCCCCCC/C=C\C/C=C\CCCCCCCCCCCCCCCCCCCCCCCCCCCCCCCC(=O)OC(CO)COC(=O)CCCCCCCCCCCCCCCCCCCCCCCCCCCCCCCCC. The quantitative estimate of drug-likeness (QED) is 0.0373. The van der Waals surface area contributed by atoms with E-state index in [9.17, 15) is 14.7 Å². The summed E-state index contributed by atoms with van der Waals surface area (Å²) in [6.07, 6.45) is 103. The van der Waals surface area contributed by atoms with Gasteiger partial charge < -0.3 is 14.6 Å². The number of aliphatic hydroxyl groups excluding tert-OH is 1. The molecule has 0 amide bonds. The third-order valence-electron chi connectivity index (χ3n) is 18.7. The summed E-state index contributed by atoms with van der Waals surface area (Å²) in [5.74, 6) is -0.558. The van der Waals surface area contributed by atoms with Gasteiger partial charge in [-0.3, -0.25) is 9.59 Å². The van der Waals surface area contributed by atoms with Crippen LogP contribution in [-0.2, 0) is 19.1 Å². The highest BCUT2D eigenvalue weighted by atomic mass is 16.6. The Morgan fingerprint density at radius 1 is 0.267 bits per heavy atom. The van der Waals surface area contributed by atoms with E-state index in [2.05, 4.69) is 38.2 Å². The van der Waals surface area contributed by atoms with Crippen LogP contribution in [0.15, 0.2) is 24.3 Å². The predicted octanol–water partition coefficient (Wildman–Crippen LogP) is 27.9. The lowest BCUT2D eigenvalue weighted by Gasteiger charge is -2.15. The molecule has 0 aromatic heterocycles. The molecule has 5 nitrogen and oxygen atoms in total. The fourth-order valence-electron chi connectivity index (χ4n) is 12.8. The number of hydrogen-bond donors (Lipinski definition) is 1. The van der Waals surface area contributed by atoms with E-state index < -0.39 is 6.10 Å². The van der Waals surface area contributed by atoms with Gasteiger partial charge in [-0.2, -0.15) is 0 Å². The first-order valence-corrected chi connectivity index (χ1v) is 39.9. The minimum absolute atomic E-state index is 0.0565. The van der Waals surface area contributed by atoms with Crippen LogP contribution >= 0.6 is 0 Å². The maximum Gasteiger partial charge on any atom is 0.306 e. The van der Waals surface area contributed by atoms with Gasteiger partial charge in [0, 0.05) is 12.8 Å². The smallest absolute Gasteiger partial charge is 0.306 e. The van der Waals surface area contributed by atoms with Crippen molar-refractivity contribution in [1.82, 2.24) is 0 Å². The minimum Gasteiger partial charge on any atom is -0.462 e. The van der Waals surface area contributed by atoms with Crippen molar-refractivity contribution < 1.29 is 24.2 Å². The summed E-state index contributed by atoms with van der Waals surface area (Å²) in [4.78, 5) is 24.7. The van der Waals surface area contributed by atoms with Crippen LogP contribution in [0, 0.1) is 0 Å². The van der Waals surface area contributed by atoms with Gasteiger partial charge in [-0.25, -0.2) is 0 Å². The van der Waals surface area contributed by atoms with Crippen LogP contribution in [-0.4, -0.2) is 36.4 Å². The van der Waals surface area contributed by atoms with Crippen molar-refractivity contribution in [2.45, 2.75) is 469 Å². The van der Waals surface area contributed by atoms with Crippen molar-refractivity contribution in [3.8, 4) is 0 Å². The van der Waals surface area contributed by atoms with Crippen LogP contribution in [0.4, 0.5) is 0 Å². The minimum atomic E-state index is -0.768. The van der Waals surface area contributed by atoms with Gasteiger partial charge in [0.15, 0.2) is 6.10 Å². The number of allylic oxidation sites excluding steroid dienone is 4. The molecule has 0 spiro atoms. The maximum absolute atomic E-state index is 12.4. The molecule has 86 heavy (non-hydrogen) atoms. The summed E-state index contributed by atoms with van der Waals surface area (Å²) in [7, 11) is 0. The monoisotopic (exact) mass is 1210 g/mol. The molecule has 0 aromatic rings. The Morgan fingerprint density at radius 3 is 0.686 bits per heavy atom. The van der Waals surface area contributed by atoms with E-state index in [1.807, 2.05) is 0 Å². The standard InChI is InChI=1S/C81H156O5/c1-3-5-7-9-11-13-15-17-19-21-23-25-27-29-31-33-35-36-37-38-39-40-41-42-43-44-46-48-50-52-54-56-58-60-62-64-66-68-70-72-74-76-81(84)86-79(77-82)78-85-80(83)75-73-71-69-67-65-63-61-59-57-55-53-51-49-47-45-34-32-30-28-26-24-22-20-18-16-14-12-10-8-6-4-2/h15,17,21,23,79,82H,3-14,16,18-20,22,24-78H2,1-2H3/b17-15-,23-21-. The lowest BCUT2D eigenvalue weighted by Crippen LogP contribution is -2.28. The Morgan fingerprint density at radius 2 is 0.465 bits per heavy atom. The molecule has 0 fully saturated rings. The third kappa shape index (κ3) is 74.8. The number of rotatable bonds is 76. The molecule has 1 N–H and O–H groups in total. The molecule has 0 aliphatic rings. The fraction of sp³-hybridized carbons (Fsp3) is 0.926. The summed E-state index contributed by atoms with van der Waals surface area (Å²) in [5.41, 5.74) is 0. The first-order chi connectivity index (χ1) is 42.6. The fourth-order valence-corrected chi connectivity index (χ4v) is 12.8. The number of hydrogen-bond acceptors (Lipinski definition) is 5. The number of esters is 2. The van der Waals surface area contributed by atoms with Gasteiger partial charge in [-0.15, -0.1) is 0 Å². The molecule has 0 aliphatic heterocycles. The topological polar surface area (TPSA) is 72.8 Å². The largest absolute Gasteiger partial charge is 0.462 e. The maximum atomic E-state index is 12.4. The van der Waals surface area contributed by atoms with Crippen molar-refractivity contribution in [2.24, 2.45) is 0 Å². The Bertz CT molecular complexity index is 1320. The lowest BCUT2D eigenvalue weighted by atomic mass is 10.0. The molecule has 0 saturated heterocycles. The van der Waals surface area contributed by atoms with E-state index in [-0.39, 0.29) is 25.2 Å². The van der Waals surface area contributed by atoms with Crippen molar-refractivity contribution in [3.05, 3.63) is 24.3 Å². The highest BCUT2D eigenvalue weighted by Crippen LogP contribution is 2.20. The molecular weight excluding hydrogens is 1050 g/mol. The normalized spacial score (nSPS) is 12.2. The van der Waals surface area contributed by atoms with Gasteiger partial charge in [-0.05, 0) is 44.9 Å². The highest BCUT2D eigenvalue weighted by Gasteiger charge is 2.16. The summed E-state index contributed by atoms with van der Waals surface area (Å²) in [5, 5.41) is 9.72. The zero-order chi connectivity index (χ0) is 61.9. The predicted molar refractivity (Wildman–Crippen MR) is 381 cm³/mol. The van der Waals surface area contributed by atoms with E-state index in [0.717, 1.165) is 38.5 Å². The van der Waals surface area contributed by atoms with Crippen LogP contribution in [0.3, 0.4) is 0 Å². The molecule has 0 saturated carbocycles. The molecule has 0 rings (SSSR count). The van der Waals surface area contributed by atoms with Gasteiger partial charge >= 0.3 is 11.9 Å². The van der Waals surface area contributed by atoms with Crippen molar-refractivity contribution in [3.63, 3.8) is 0 Å². The van der Waals surface area contributed by atoms with Gasteiger partial charge in [0.2, 0.25) is 0 Å². The first kappa shape index (κ1) is 84.4. The average molecular weight is 1210 g/mol. The molecule has 1 atom stereocenters. The van der Waals surface area contributed by atoms with Crippen LogP contribution in [0.2, 0.25) is 0 Å². The summed E-state index contributed by atoms with van der Waals surface area (Å²) in [6, 6.07) is 0. The van der Waals surface area contributed by atoms with Crippen molar-refractivity contribution >= 4 is 11.9 Å². The van der Waals surface area contributed by atoms with Crippen LogP contribution in [0.1, 0.15) is 463 Å². The molecule has 1 unspecified atom stereocenters. The van der Waals surface area contributed by atoms with E-state index >= 15 is 0 Å². The van der Waals surface area contributed by atoms with E-state index in [1.165, 1.54) is 398 Å². The van der Waals surface area contributed by atoms with E-state index in [4.69, 9.17) is 9.47 Å². The molecule has 0 aromatic carbocycles. The number of carbonyl (C=O) groups excluding carboxylic acids is 2. The second-order valence-corrected chi connectivity index (χ2v) is 27.5. The van der Waals surface area contributed by atoms with Crippen molar-refractivity contribution in [1.29, 1.82) is 0 Å². The van der Waals surface area contributed by atoms with Crippen LogP contribution in [0.25, 0.3) is 0 Å². The summed E-state index contributed by atoms with van der Waals surface area (Å²) in [6.45, 7) is 4.21. The van der Waals surface area contributed by atoms with Gasteiger partial charge in [-0.1, -0.05) is 430 Å². The summed E-state index contributed by atoms with van der Waals surface area (Å²) < 4.78 is 10.8. The van der Waals surface area contributed by atoms with Gasteiger partial charge in [0.1, 0.15) is 6.61 Å². The zero-order valence-electron chi connectivity index (χ0n) is 58.9. The number of unbranched alkanes of at least 4 members (excludes halogenated alkanes) is 64. The average Bonchev–Trinajstić information content (AvgIpc) is 3.54. The summed E-state index contributed by atoms with van der Waals surface area (Å²) >= 11 is 0. The third-order valence-corrected chi connectivity index (χ3v) is 18.7. The van der Waals surface area contributed by atoms with Crippen LogP contribution in [0.5, 0.6) is 0 Å². The highest BCUT2D eigenvalue weighted by molar-refractivity contribution is 5.70. The number of aliphatic hydroxyl groups is 1. The molecular formula is C81H156O5. The van der Waals surface area contributed by atoms with E-state index in [0.29, 0.717) is 12.8 Å². The van der Waals surface area contributed by atoms with Gasteiger partial charge in [0.25, 0.3) is 0 Å². The Balaban J connectivity index is 3.34. The van der Waals surface area contributed by atoms with Crippen molar-refractivity contribution in [2.75, 3.05) is 13.2 Å². The number of ether oxygens (including phenoxy) is 2. The Kier molecular flexibility index (Phi) is 76.2. The number of carbonyl (C=O) groups is 2. The Hall–Kier alpha value is -1.62. The van der Waals surface area contributed by atoms with Crippen LogP contribution < -0.4 is 0 Å². The second-order valence-electron chi connectivity index (χ2n) is 27.5. The first-order valence-electron chi connectivity index (χ1n) is 39.9. The zero-order valence-corrected chi connectivity index (χ0v) is 58.9. The second kappa shape index (κ2) is 77.6. The lowest BCUT2D eigenvalue weighted by molar-refractivity contribution is -0.161.